The van der Waals surface area contributed by atoms with Crippen LogP contribution in [0.3, 0.4) is 0 Å². The average molecular weight is 268 g/mol. The lowest BCUT2D eigenvalue weighted by atomic mass is 10.2. The van der Waals surface area contributed by atoms with Crippen LogP contribution in [0, 0.1) is 13.8 Å². The first-order chi connectivity index (χ1) is 7.09. The van der Waals surface area contributed by atoms with Crippen LogP contribution in [0.1, 0.15) is 11.4 Å². The van der Waals surface area contributed by atoms with Gasteiger partial charge in [-0.2, -0.15) is 0 Å². The van der Waals surface area contributed by atoms with E-state index in [0.29, 0.717) is 17.4 Å². The fourth-order valence-corrected chi connectivity index (χ4v) is 1.72. The summed E-state index contributed by atoms with van der Waals surface area (Å²) in [6, 6.07) is 1.82. The molecular weight excluding hydrogens is 258 g/mol. The van der Waals surface area contributed by atoms with Crippen molar-refractivity contribution in [1.29, 1.82) is 0 Å². The predicted molar refractivity (Wildman–Crippen MR) is 61.3 cm³/mol. The van der Waals surface area contributed by atoms with E-state index < -0.39 is 0 Å². The minimum absolute atomic E-state index is 0.487. The maximum atomic E-state index is 5.77. The fraction of sp³-hybridized carbons (Fsp3) is 0.200. The Morgan fingerprint density at radius 2 is 2.07 bits per heavy atom. The third-order valence-corrected chi connectivity index (χ3v) is 2.75. The Morgan fingerprint density at radius 3 is 2.67 bits per heavy atom. The van der Waals surface area contributed by atoms with Crippen molar-refractivity contribution in [2.45, 2.75) is 13.8 Å². The van der Waals surface area contributed by atoms with Crippen LogP contribution in [-0.4, -0.2) is 9.97 Å². The molecule has 0 spiro atoms. The lowest BCUT2D eigenvalue weighted by Gasteiger charge is -2.06. The van der Waals surface area contributed by atoms with Gasteiger partial charge in [-0.05, 0) is 35.8 Å². The zero-order chi connectivity index (χ0) is 11.0. The van der Waals surface area contributed by atoms with Crippen LogP contribution in [0.2, 0.25) is 0 Å². The molecule has 2 heterocycles. The van der Waals surface area contributed by atoms with Crippen LogP contribution in [-0.2, 0) is 0 Å². The van der Waals surface area contributed by atoms with Gasteiger partial charge in [0.1, 0.15) is 17.3 Å². The highest BCUT2D eigenvalue weighted by Crippen LogP contribution is 2.31. The molecule has 2 aromatic heterocycles. The molecule has 0 aliphatic rings. The number of nitrogen functional groups attached to an aromatic ring is 1. The SMILES string of the molecule is Cc1nc(N)c(C)c(-c2occc2Br)n1. The van der Waals surface area contributed by atoms with Gasteiger partial charge in [-0.3, -0.25) is 0 Å². The second-order valence-electron chi connectivity index (χ2n) is 3.23. The Kier molecular flexibility index (Phi) is 2.48. The molecule has 0 bridgehead atoms. The van der Waals surface area contributed by atoms with Gasteiger partial charge in [-0.1, -0.05) is 0 Å². The first kappa shape index (κ1) is 10.2. The van der Waals surface area contributed by atoms with Crippen molar-refractivity contribution in [3.8, 4) is 11.5 Å². The van der Waals surface area contributed by atoms with Crippen molar-refractivity contribution in [3.05, 3.63) is 28.2 Å². The van der Waals surface area contributed by atoms with Gasteiger partial charge in [0, 0.05) is 5.56 Å². The Labute approximate surface area is 95.7 Å². The van der Waals surface area contributed by atoms with Crippen molar-refractivity contribution < 1.29 is 4.42 Å². The molecule has 4 nitrogen and oxygen atoms in total. The van der Waals surface area contributed by atoms with Crippen LogP contribution < -0.4 is 5.73 Å². The van der Waals surface area contributed by atoms with E-state index in [1.807, 2.05) is 13.0 Å². The molecule has 15 heavy (non-hydrogen) atoms. The summed E-state index contributed by atoms with van der Waals surface area (Å²) in [4.78, 5) is 8.41. The summed E-state index contributed by atoms with van der Waals surface area (Å²) >= 11 is 3.39. The monoisotopic (exact) mass is 267 g/mol. The van der Waals surface area contributed by atoms with Gasteiger partial charge in [0.25, 0.3) is 0 Å². The highest BCUT2D eigenvalue weighted by atomic mass is 79.9. The molecule has 0 unspecified atom stereocenters. The number of anilines is 1. The molecule has 0 aromatic carbocycles. The highest BCUT2D eigenvalue weighted by molar-refractivity contribution is 9.10. The van der Waals surface area contributed by atoms with Crippen molar-refractivity contribution in [2.24, 2.45) is 0 Å². The summed E-state index contributed by atoms with van der Waals surface area (Å²) in [7, 11) is 0. The van der Waals surface area contributed by atoms with Crippen molar-refractivity contribution in [2.75, 3.05) is 5.73 Å². The van der Waals surface area contributed by atoms with Gasteiger partial charge >= 0.3 is 0 Å². The van der Waals surface area contributed by atoms with Crippen molar-refractivity contribution in [1.82, 2.24) is 9.97 Å². The number of hydrogen-bond acceptors (Lipinski definition) is 4. The first-order valence-corrected chi connectivity index (χ1v) is 5.23. The predicted octanol–water partition coefficient (Wildman–Crippen LogP) is 2.70. The van der Waals surface area contributed by atoms with Gasteiger partial charge in [0.05, 0.1) is 10.7 Å². The summed E-state index contributed by atoms with van der Waals surface area (Å²) in [6.07, 6.45) is 1.60. The Bertz CT molecular complexity index is 507. The summed E-state index contributed by atoms with van der Waals surface area (Å²) in [5, 5.41) is 0. The molecule has 2 N–H and O–H groups in total. The Morgan fingerprint density at radius 1 is 1.33 bits per heavy atom. The standard InChI is InChI=1S/C10H10BrN3O/c1-5-8(9-7(11)3-4-15-9)13-6(2)14-10(5)12/h3-4H,1-2H3,(H2,12,13,14). The Balaban J connectivity index is 2.68. The van der Waals surface area contributed by atoms with Crippen LogP contribution in [0.15, 0.2) is 21.2 Å². The fourth-order valence-electron chi connectivity index (χ4n) is 1.33. The van der Waals surface area contributed by atoms with Crippen LogP contribution >= 0.6 is 15.9 Å². The topological polar surface area (TPSA) is 64.9 Å². The number of aryl methyl sites for hydroxylation is 1. The number of nitrogens with two attached hydrogens (primary N) is 1. The molecule has 78 valence electrons. The molecular formula is C10H10BrN3O. The molecule has 0 saturated carbocycles. The summed E-state index contributed by atoms with van der Waals surface area (Å²) in [5.74, 6) is 1.81. The van der Waals surface area contributed by atoms with E-state index in [2.05, 4.69) is 25.9 Å². The number of hydrogen-bond donors (Lipinski definition) is 1. The number of rotatable bonds is 1. The molecule has 2 aromatic rings. The number of furan rings is 1. The second kappa shape index (κ2) is 3.66. The molecule has 0 aliphatic heterocycles. The van der Waals surface area contributed by atoms with E-state index in [9.17, 15) is 0 Å². The summed E-state index contributed by atoms with van der Waals surface area (Å²) in [6.45, 7) is 3.68. The lowest BCUT2D eigenvalue weighted by molar-refractivity contribution is 0.578. The van der Waals surface area contributed by atoms with E-state index in [4.69, 9.17) is 10.2 Å². The van der Waals surface area contributed by atoms with Gasteiger partial charge in [-0.25, -0.2) is 9.97 Å². The zero-order valence-electron chi connectivity index (χ0n) is 8.41. The lowest BCUT2D eigenvalue weighted by Crippen LogP contribution is -2.01. The van der Waals surface area contributed by atoms with E-state index in [1.54, 1.807) is 13.2 Å². The normalized spacial score (nSPS) is 10.6. The molecule has 0 amide bonds. The van der Waals surface area contributed by atoms with Gasteiger partial charge in [0.15, 0.2) is 5.76 Å². The van der Waals surface area contributed by atoms with E-state index in [-0.39, 0.29) is 0 Å². The molecule has 2 rings (SSSR count). The van der Waals surface area contributed by atoms with Gasteiger partial charge in [-0.15, -0.1) is 0 Å². The third kappa shape index (κ3) is 1.74. The number of nitrogens with zero attached hydrogens (tertiary/aromatic N) is 2. The van der Waals surface area contributed by atoms with Crippen molar-refractivity contribution >= 4 is 21.7 Å². The Hall–Kier alpha value is -1.36. The van der Waals surface area contributed by atoms with Gasteiger partial charge in [0.2, 0.25) is 0 Å². The van der Waals surface area contributed by atoms with Gasteiger partial charge < -0.3 is 10.2 Å². The molecule has 0 radical (unpaired) electrons. The number of aromatic nitrogens is 2. The van der Waals surface area contributed by atoms with Crippen LogP contribution in [0.25, 0.3) is 11.5 Å². The minimum atomic E-state index is 0.487. The molecule has 0 aliphatic carbocycles. The molecule has 0 fully saturated rings. The van der Waals surface area contributed by atoms with Crippen LogP contribution in [0.4, 0.5) is 5.82 Å². The van der Waals surface area contributed by atoms with E-state index >= 15 is 0 Å². The summed E-state index contributed by atoms with van der Waals surface area (Å²) < 4.78 is 6.21. The maximum Gasteiger partial charge on any atom is 0.166 e. The molecule has 0 atom stereocenters. The second-order valence-corrected chi connectivity index (χ2v) is 4.08. The number of halogens is 1. The first-order valence-electron chi connectivity index (χ1n) is 4.43. The average Bonchev–Trinajstić information content (AvgIpc) is 2.58. The minimum Gasteiger partial charge on any atom is -0.461 e. The van der Waals surface area contributed by atoms with E-state index in [1.165, 1.54) is 0 Å². The smallest absolute Gasteiger partial charge is 0.166 e. The largest absolute Gasteiger partial charge is 0.461 e. The third-order valence-electron chi connectivity index (χ3n) is 2.13. The zero-order valence-corrected chi connectivity index (χ0v) is 10.00. The van der Waals surface area contributed by atoms with Crippen molar-refractivity contribution in [3.63, 3.8) is 0 Å². The van der Waals surface area contributed by atoms with E-state index in [0.717, 1.165) is 15.7 Å². The quantitative estimate of drug-likeness (QED) is 0.863. The summed E-state index contributed by atoms with van der Waals surface area (Å²) in [5.41, 5.74) is 7.33. The molecule has 5 heteroatoms. The highest BCUT2D eigenvalue weighted by Gasteiger charge is 2.14. The van der Waals surface area contributed by atoms with Crippen LogP contribution in [0.5, 0.6) is 0 Å². The molecule has 0 saturated heterocycles. The maximum absolute atomic E-state index is 5.77.